The van der Waals surface area contributed by atoms with Gasteiger partial charge in [0.05, 0.1) is 19.3 Å². The Kier molecular flexibility index (Phi) is 11.5. The van der Waals surface area contributed by atoms with Crippen LogP contribution >= 0.6 is 0 Å². The van der Waals surface area contributed by atoms with Crippen molar-refractivity contribution in [3.05, 3.63) is 40.6 Å². The van der Waals surface area contributed by atoms with Gasteiger partial charge in [0, 0.05) is 17.7 Å². The van der Waals surface area contributed by atoms with Gasteiger partial charge in [0.15, 0.2) is 29.8 Å². The Balaban J connectivity index is 1.28. The fourth-order valence-corrected chi connectivity index (χ4v) is 6.30. The van der Waals surface area contributed by atoms with Crippen LogP contribution in [0.1, 0.15) is 6.92 Å². The topological polar surface area (TPSA) is 349 Å². The Morgan fingerprint density at radius 2 is 1.31 bits per heavy atom. The van der Waals surface area contributed by atoms with Gasteiger partial charge < -0.3 is 99.2 Å². The predicted octanol–water partition coefficient (Wildman–Crippen LogP) is -3.86. The third kappa shape index (κ3) is 7.39. The quantitative estimate of drug-likeness (QED) is 0.0925. The van der Waals surface area contributed by atoms with Gasteiger partial charge in [0.2, 0.25) is 17.5 Å². The number of aromatic hydroxyl groups is 4. The summed E-state index contributed by atoms with van der Waals surface area (Å²) in [5, 5.41) is 134. The Labute approximate surface area is 303 Å². The molecule has 0 aliphatic carbocycles. The zero-order valence-electron chi connectivity index (χ0n) is 28.0. The van der Waals surface area contributed by atoms with Crippen molar-refractivity contribution in [3.63, 3.8) is 0 Å². The molecule has 3 fully saturated rings. The molecular formula is C33H40O21. The van der Waals surface area contributed by atoms with Crippen molar-refractivity contribution in [2.75, 3.05) is 13.2 Å². The first-order valence-corrected chi connectivity index (χ1v) is 16.5. The largest absolute Gasteiger partial charge is 0.508 e. The molecule has 13 N–H and O–H groups in total. The molecule has 3 saturated heterocycles. The van der Waals surface area contributed by atoms with Gasteiger partial charge in [-0.1, -0.05) is 0 Å². The van der Waals surface area contributed by atoms with Crippen LogP contribution in [0.5, 0.6) is 28.7 Å². The average molecular weight is 773 g/mol. The van der Waals surface area contributed by atoms with E-state index in [0.717, 1.165) is 24.3 Å². The molecule has 0 unspecified atom stereocenters. The highest BCUT2D eigenvalue weighted by atomic mass is 16.8. The SMILES string of the molecule is C[C@@H]1O[C@@H](O[C@H]2[C@H](OC[C@H]3O[C@@H](Oc4c(-c5ccc(O)c(O)c5)oc5cc(O)cc(O)c5c4=O)[C@H](O)[C@@H](O)[C@H]3O)O[C@H](CO)[C@@H](O)[C@@H]2O)[C@H](O)[C@H](O)[C@H]1O. The van der Waals surface area contributed by atoms with E-state index in [1.807, 2.05) is 0 Å². The van der Waals surface area contributed by atoms with E-state index < -0.39 is 151 Å². The molecular weight excluding hydrogens is 732 g/mol. The molecule has 1 aromatic heterocycles. The van der Waals surface area contributed by atoms with Gasteiger partial charge in [0.1, 0.15) is 89.6 Å². The molecule has 3 aliphatic heterocycles. The summed E-state index contributed by atoms with van der Waals surface area (Å²) in [4.78, 5) is 13.8. The van der Waals surface area contributed by atoms with Crippen LogP contribution in [-0.4, -0.2) is 172 Å². The summed E-state index contributed by atoms with van der Waals surface area (Å²) in [7, 11) is 0. The van der Waals surface area contributed by atoms with E-state index in [2.05, 4.69) is 0 Å². The first-order chi connectivity index (χ1) is 25.5. The molecule has 21 heteroatoms. The summed E-state index contributed by atoms with van der Waals surface area (Å²) in [6.07, 6.45) is -26.2. The molecule has 0 bridgehead atoms. The number of phenols is 4. The van der Waals surface area contributed by atoms with E-state index in [9.17, 15) is 71.2 Å². The number of hydrogen-bond acceptors (Lipinski definition) is 21. The molecule has 15 atom stereocenters. The minimum atomic E-state index is -2.08. The maximum Gasteiger partial charge on any atom is 0.239 e. The number of hydrogen-bond donors (Lipinski definition) is 13. The second-order valence-corrected chi connectivity index (χ2v) is 13.1. The monoisotopic (exact) mass is 772 g/mol. The fraction of sp³-hybridized carbons (Fsp3) is 0.545. The second-order valence-electron chi connectivity index (χ2n) is 13.1. The first-order valence-electron chi connectivity index (χ1n) is 16.5. The maximum absolute atomic E-state index is 13.8. The molecule has 3 aromatic rings. The van der Waals surface area contributed by atoms with Crippen LogP contribution in [0.3, 0.4) is 0 Å². The molecule has 0 radical (unpaired) electrons. The van der Waals surface area contributed by atoms with Crippen molar-refractivity contribution in [3.8, 4) is 40.1 Å². The van der Waals surface area contributed by atoms with Crippen molar-refractivity contribution in [2.45, 2.75) is 99.0 Å². The van der Waals surface area contributed by atoms with Crippen LogP contribution in [-0.2, 0) is 23.7 Å². The van der Waals surface area contributed by atoms with Gasteiger partial charge in [-0.25, -0.2) is 0 Å². The van der Waals surface area contributed by atoms with Crippen molar-refractivity contribution in [2.24, 2.45) is 0 Å². The van der Waals surface area contributed by atoms with Gasteiger partial charge in [-0.15, -0.1) is 0 Å². The minimum absolute atomic E-state index is 0.0870. The van der Waals surface area contributed by atoms with Crippen molar-refractivity contribution >= 4 is 11.0 Å². The third-order valence-electron chi connectivity index (χ3n) is 9.41. The number of fused-ring (bicyclic) bond motifs is 1. The van der Waals surface area contributed by atoms with Crippen molar-refractivity contribution < 1.29 is 99.2 Å². The van der Waals surface area contributed by atoms with E-state index in [4.69, 9.17) is 32.8 Å². The maximum atomic E-state index is 13.8. The Bertz CT molecular complexity index is 1850. The van der Waals surface area contributed by atoms with Crippen LogP contribution in [0.4, 0.5) is 0 Å². The predicted molar refractivity (Wildman–Crippen MR) is 173 cm³/mol. The summed E-state index contributed by atoms with van der Waals surface area (Å²) in [5.41, 5.74) is -1.52. The minimum Gasteiger partial charge on any atom is -0.508 e. The van der Waals surface area contributed by atoms with Crippen LogP contribution < -0.4 is 10.2 Å². The molecule has 2 aromatic carbocycles. The number of aliphatic hydroxyl groups is 9. The number of benzene rings is 2. The smallest absolute Gasteiger partial charge is 0.239 e. The van der Waals surface area contributed by atoms with Crippen LogP contribution in [0.2, 0.25) is 0 Å². The van der Waals surface area contributed by atoms with Gasteiger partial charge in [-0.05, 0) is 25.1 Å². The van der Waals surface area contributed by atoms with Crippen LogP contribution in [0.15, 0.2) is 39.5 Å². The lowest BCUT2D eigenvalue weighted by Gasteiger charge is -2.46. The first kappa shape index (κ1) is 39.8. The molecule has 298 valence electrons. The molecule has 3 aliphatic rings. The molecule has 0 amide bonds. The average Bonchev–Trinajstić information content (AvgIpc) is 3.13. The Morgan fingerprint density at radius 3 is 2.00 bits per heavy atom. The van der Waals surface area contributed by atoms with Gasteiger partial charge >= 0.3 is 0 Å². The Morgan fingerprint density at radius 1 is 0.667 bits per heavy atom. The summed E-state index contributed by atoms with van der Waals surface area (Å²) in [5.74, 6) is -3.64. The van der Waals surface area contributed by atoms with E-state index >= 15 is 0 Å². The normalized spacial score (nSPS) is 37.3. The molecule has 0 saturated carbocycles. The number of ether oxygens (including phenoxy) is 6. The standard InChI is InChI=1S/C33H40O21/c1-9-19(39)23(43)26(46)31(49-9)54-30-25(45)20(40)16(7-34)51-33(30)48-8-17-21(41)24(44)27(47)32(52-17)53-29-22(42)18-14(38)5-11(35)6-15(18)50-28(29)10-2-3-12(36)13(37)4-10/h2-6,9,16-17,19-21,23-27,30-41,43-47H,7-8H2,1H3/t9-,16+,17+,19-,20+,21-,23+,24-,25-,26+,27+,30+,31-,32-,33+/m0/s1. The van der Waals surface area contributed by atoms with E-state index in [0.29, 0.717) is 0 Å². The van der Waals surface area contributed by atoms with Crippen LogP contribution in [0, 0.1) is 0 Å². The zero-order chi connectivity index (χ0) is 39.3. The molecule has 21 nitrogen and oxygen atoms in total. The van der Waals surface area contributed by atoms with Gasteiger partial charge in [-0.3, -0.25) is 4.79 Å². The second kappa shape index (κ2) is 15.7. The highest BCUT2D eigenvalue weighted by Gasteiger charge is 2.52. The molecule has 0 spiro atoms. The van der Waals surface area contributed by atoms with E-state index in [-0.39, 0.29) is 11.1 Å². The molecule has 6 rings (SSSR count). The highest BCUT2D eigenvalue weighted by Crippen LogP contribution is 2.40. The summed E-state index contributed by atoms with van der Waals surface area (Å²) >= 11 is 0. The van der Waals surface area contributed by atoms with Crippen molar-refractivity contribution in [1.29, 1.82) is 0 Å². The van der Waals surface area contributed by atoms with Crippen LogP contribution in [0.25, 0.3) is 22.3 Å². The molecule has 54 heavy (non-hydrogen) atoms. The van der Waals surface area contributed by atoms with Gasteiger partial charge in [0.25, 0.3) is 0 Å². The highest BCUT2D eigenvalue weighted by molar-refractivity contribution is 5.88. The zero-order valence-corrected chi connectivity index (χ0v) is 28.0. The van der Waals surface area contributed by atoms with Gasteiger partial charge in [-0.2, -0.15) is 0 Å². The lowest BCUT2D eigenvalue weighted by atomic mass is 9.97. The third-order valence-corrected chi connectivity index (χ3v) is 9.41. The lowest BCUT2D eigenvalue weighted by Crippen LogP contribution is -2.65. The number of aliphatic hydroxyl groups excluding tert-OH is 9. The van der Waals surface area contributed by atoms with E-state index in [1.165, 1.54) is 13.0 Å². The number of rotatable bonds is 9. The summed E-state index contributed by atoms with van der Waals surface area (Å²) in [6.45, 7) is -0.252. The molecule has 4 heterocycles. The number of phenolic OH excluding ortho intramolecular Hbond substituents is 4. The lowest BCUT2D eigenvalue weighted by molar-refractivity contribution is -0.369. The van der Waals surface area contributed by atoms with Crippen molar-refractivity contribution in [1.82, 2.24) is 0 Å². The van der Waals surface area contributed by atoms with E-state index in [1.54, 1.807) is 0 Å². The summed E-state index contributed by atoms with van der Waals surface area (Å²) < 4.78 is 39.6. The Hall–Kier alpha value is -3.91. The summed E-state index contributed by atoms with van der Waals surface area (Å²) in [6, 6.07) is 5.07. The fourth-order valence-electron chi connectivity index (χ4n) is 6.30.